The largest absolute Gasteiger partial charge is 0.312 e. The normalized spacial score (nSPS) is 12.8. The Bertz CT molecular complexity index is 577. The Morgan fingerprint density at radius 2 is 2.17 bits per heavy atom. The molecular weight excluding hydrogens is 226 g/mol. The van der Waals surface area contributed by atoms with Gasteiger partial charge in [0.1, 0.15) is 0 Å². The molecule has 0 aliphatic carbocycles. The van der Waals surface area contributed by atoms with Crippen molar-refractivity contribution in [2.24, 2.45) is 0 Å². The van der Waals surface area contributed by atoms with Crippen LogP contribution in [0.5, 0.6) is 0 Å². The van der Waals surface area contributed by atoms with E-state index >= 15 is 0 Å². The van der Waals surface area contributed by atoms with Crippen LogP contribution < -0.4 is 10.7 Å². The average Bonchev–Trinajstić information content (AvgIpc) is 2.41. The monoisotopic (exact) mass is 245 g/mol. The van der Waals surface area contributed by atoms with E-state index in [4.69, 9.17) is 0 Å². The number of hydrogen-bond donors (Lipinski definition) is 1. The molecule has 0 aliphatic heterocycles. The van der Waals surface area contributed by atoms with Gasteiger partial charge >= 0.3 is 0 Å². The van der Waals surface area contributed by atoms with Crippen LogP contribution in [0.3, 0.4) is 0 Å². The second-order valence-corrected chi connectivity index (χ2v) is 4.51. The molecule has 0 radical (unpaired) electrons. The van der Waals surface area contributed by atoms with Gasteiger partial charge in [-0.05, 0) is 25.5 Å². The fraction of sp³-hybridized carbons (Fsp3) is 0.429. The van der Waals surface area contributed by atoms with Gasteiger partial charge in [0.2, 0.25) is 5.43 Å². The average molecular weight is 245 g/mol. The molecule has 96 valence electrons. The van der Waals surface area contributed by atoms with E-state index in [0.717, 1.165) is 30.4 Å². The number of nitrogens with one attached hydrogen (secondary N) is 1. The lowest BCUT2D eigenvalue weighted by atomic mass is 10.2. The predicted molar refractivity (Wildman–Crippen MR) is 73.8 cm³/mol. The first-order valence-electron chi connectivity index (χ1n) is 6.40. The summed E-state index contributed by atoms with van der Waals surface area (Å²) in [4.78, 5) is 11.7. The van der Waals surface area contributed by atoms with Crippen molar-refractivity contribution in [2.45, 2.75) is 32.9 Å². The third-order valence-corrected chi connectivity index (χ3v) is 3.19. The van der Waals surface area contributed by atoms with Crippen molar-refractivity contribution in [1.29, 1.82) is 0 Å². The highest BCUT2D eigenvalue weighted by Crippen LogP contribution is 2.07. The molecule has 1 atom stereocenters. The molecule has 4 heteroatoms. The summed E-state index contributed by atoms with van der Waals surface area (Å²) in [6.45, 7) is 5.95. The number of fused-ring (bicyclic) bond motifs is 1. The van der Waals surface area contributed by atoms with Crippen LogP contribution in [0.2, 0.25) is 0 Å². The fourth-order valence-corrected chi connectivity index (χ4v) is 1.90. The maximum Gasteiger partial charge on any atom is 0.207 e. The van der Waals surface area contributed by atoms with Crippen LogP contribution in [0.15, 0.2) is 35.3 Å². The molecule has 0 fully saturated rings. The van der Waals surface area contributed by atoms with Crippen molar-refractivity contribution >= 4 is 10.9 Å². The van der Waals surface area contributed by atoms with E-state index in [1.807, 2.05) is 28.9 Å². The molecule has 0 spiro atoms. The van der Waals surface area contributed by atoms with Crippen LogP contribution in [-0.4, -0.2) is 22.4 Å². The lowest BCUT2D eigenvalue weighted by Gasteiger charge is -2.13. The lowest BCUT2D eigenvalue weighted by molar-refractivity contribution is 0.490. The molecular formula is C14H19N3O. The maximum atomic E-state index is 11.7. The van der Waals surface area contributed by atoms with Gasteiger partial charge in [0.05, 0.1) is 18.3 Å². The number of nitrogens with zero attached hydrogens (tertiary/aromatic N) is 2. The molecule has 1 heterocycles. The van der Waals surface area contributed by atoms with Gasteiger partial charge < -0.3 is 5.32 Å². The minimum absolute atomic E-state index is 0.0169. The van der Waals surface area contributed by atoms with Gasteiger partial charge in [-0.15, -0.1) is 0 Å². The van der Waals surface area contributed by atoms with Crippen LogP contribution in [0.25, 0.3) is 10.9 Å². The molecule has 18 heavy (non-hydrogen) atoms. The van der Waals surface area contributed by atoms with Crippen molar-refractivity contribution in [1.82, 2.24) is 15.1 Å². The molecule has 2 rings (SSSR count). The van der Waals surface area contributed by atoms with E-state index in [1.54, 1.807) is 0 Å². The summed E-state index contributed by atoms with van der Waals surface area (Å²) in [6, 6.07) is 8.11. The van der Waals surface area contributed by atoms with Crippen molar-refractivity contribution in [3.63, 3.8) is 0 Å². The first-order chi connectivity index (χ1) is 8.72. The number of hydrogen-bond acceptors (Lipinski definition) is 3. The number of aromatic nitrogens is 2. The molecule has 1 N–H and O–H groups in total. The van der Waals surface area contributed by atoms with Gasteiger partial charge in [0.15, 0.2) is 0 Å². The molecule has 0 amide bonds. The summed E-state index contributed by atoms with van der Waals surface area (Å²) in [5.74, 6) is 0. The van der Waals surface area contributed by atoms with Gasteiger partial charge in [0.25, 0.3) is 0 Å². The summed E-state index contributed by atoms with van der Waals surface area (Å²) in [5, 5.41) is 8.35. The van der Waals surface area contributed by atoms with Gasteiger partial charge in [0, 0.05) is 18.0 Å². The van der Waals surface area contributed by atoms with Crippen molar-refractivity contribution in [2.75, 3.05) is 6.54 Å². The molecule has 1 aromatic heterocycles. The van der Waals surface area contributed by atoms with Crippen LogP contribution in [0, 0.1) is 0 Å². The second kappa shape index (κ2) is 5.78. The van der Waals surface area contributed by atoms with Crippen LogP contribution in [0.4, 0.5) is 0 Å². The lowest BCUT2D eigenvalue weighted by Crippen LogP contribution is -2.29. The Hall–Kier alpha value is -1.68. The molecule has 1 unspecified atom stereocenters. The van der Waals surface area contributed by atoms with Crippen LogP contribution >= 0.6 is 0 Å². The van der Waals surface area contributed by atoms with Crippen molar-refractivity contribution < 1.29 is 0 Å². The number of rotatable bonds is 5. The third-order valence-electron chi connectivity index (χ3n) is 3.19. The first kappa shape index (κ1) is 12.8. The number of para-hydroxylation sites is 1. The van der Waals surface area contributed by atoms with Crippen LogP contribution in [0.1, 0.15) is 20.3 Å². The predicted octanol–water partition coefficient (Wildman–Crippen LogP) is 1.78. The molecule has 0 aliphatic rings. The Morgan fingerprint density at radius 1 is 1.39 bits per heavy atom. The quantitative estimate of drug-likeness (QED) is 0.873. The zero-order valence-electron chi connectivity index (χ0n) is 10.9. The van der Waals surface area contributed by atoms with E-state index in [9.17, 15) is 4.79 Å². The summed E-state index contributed by atoms with van der Waals surface area (Å²) in [7, 11) is 0. The zero-order chi connectivity index (χ0) is 13.0. The smallest absolute Gasteiger partial charge is 0.207 e. The SMILES string of the molecule is CCC(C)NCCn1ncc(=O)c2ccccc21. The minimum atomic E-state index is -0.0169. The first-order valence-corrected chi connectivity index (χ1v) is 6.40. The molecule has 2 aromatic rings. The van der Waals surface area contributed by atoms with Gasteiger partial charge in [-0.3, -0.25) is 9.48 Å². The Labute approximate surface area is 107 Å². The Kier molecular flexibility index (Phi) is 4.10. The van der Waals surface area contributed by atoms with E-state index in [1.165, 1.54) is 6.20 Å². The Morgan fingerprint density at radius 3 is 2.94 bits per heavy atom. The van der Waals surface area contributed by atoms with E-state index in [2.05, 4.69) is 24.3 Å². The van der Waals surface area contributed by atoms with Gasteiger partial charge in [-0.1, -0.05) is 19.1 Å². The molecule has 1 aromatic carbocycles. The molecule has 0 bridgehead atoms. The number of benzene rings is 1. The summed E-state index contributed by atoms with van der Waals surface area (Å²) >= 11 is 0. The molecule has 4 nitrogen and oxygen atoms in total. The van der Waals surface area contributed by atoms with E-state index in [0.29, 0.717) is 6.04 Å². The zero-order valence-corrected chi connectivity index (χ0v) is 10.9. The second-order valence-electron chi connectivity index (χ2n) is 4.51. The molecule has 0 saturated heterocycles. The highest BCUT2D eigenvalue weighted by molar-refractivity contribution is 5.77. The van der Waals surface area contributed by atoms with Crippen molar-refractivity contribution in [3.8, 4) is 0 Å². The fourth-order valence-electron chi connectivity index (χ4n) is 1.90. The van der Waals surface area contributed by atoms with E-state index in [-0.39, 0.29) is 5.43 Å². The maximum absolute atomic E-state index is 11.7. The van der Waals surface area contributed by atoms with Crippen molar-refractivity contribution in [3.05, 3.63) is 40.7 Å². The third kappa shape index (κ3) is 2.76. The summed E-state index contributed by atoms with van der Waals surface area (Å²) in [5.41, 5.74) is 0.882. The Balaban J connectivity index is 2.19. The van der Waals surface area contributed by atoms with Gasteiger partial charge in [-0.25, -0.2) is 0 Å². The summed E-state index contributed by atoms with van der Waals surface area (Å²) in [6.07, 6.45) is 2.50. The van der Waals surface area contributed by atoms with Crippen LogP contribution in [-0.2, 0) is 6.54 Å². The topological polar surface area (TPSA) is 46.9 Å². The van der Waals surface area contributed by atoms with Gasteiger partial charge in [-0.2, -0.15) is 5.10 Å². The summed E-state index contributed by atoms with van der Waals surface area (Å²) < 4.78 is 1.88. The van der Waals surface area contributed by atoms with E-state index < -0.39 is 0 Å². The highest BCUT2D eigenvalue weighted by Gasteiger charge is 2.03. The highest BCUT2D eigenvalue weighted by atomic mass is 16.1. The molecule has 0 saturated carbocycles. The minimum Gasteiger partial charge on any atom is -0.312 e. The standard InChI is InChI=1S/C14H19N3O/c1-3-11(2)15-8-9-17-13-7-5-4-6-12(13)14(18)10-16-17/h4-7,10-11,15H,3,8-9H2,1-2H3.